The number of amides is 3. The molecule has 216 valence electrons. The molecular weight excluding hydrogens is 502 g/mol. The van der Waals surface area contributed by atoms with Crippen molar-refractivity contribution in [3.63, 3.8) is 0 Å². The van der Waals surface area contributed by atoms with Crippen LogP contribution in [0.1, 0.15) is 76.8 Å². The largest absolute Gasteiger partial charge is 0.359 e. The summed E-state index contributed by atoms with van der Waals surface area (Å²) < 4.78 is 6.59. The van der Waals surface area contributed by atoms with Crippen molar-refractivity contribution in [3.05, 3.63) is 41.5 Å². The standard InChI is InChI=1S/C33H45N3O4/c1-18-9-13-24(14-10-18)36-29(31(38)35-25-8-6-7-20(3)22(25)5)33-16-15-26(40-33)27(28(33)32(36)39)30(37)34-23-12-11-19(2)21(4)17-23/h11-12,15-18,20,22,24-29H,6-10,13-14H2,1-5H3,(H,34,37)(H,35,38)/t18?,20-,22+,24?,25-,26+,27-,28+,29+,33+/m1/s1. The molecule has 1 aromatic rings. The highest BCUT2D eigenvalue weighted by atomic mass is 16.5. The summed E-state index contributed by atoms with van der Waals surface area (Å²) in [6.45, 7) is 10.8. The van der Waals surface area contributed by atoms with Crippen molar-refractivity contribution in [2.75, 3.05) is 5.32 Å². The molecule has 7 nitrogen and oxygen atoms in total. The fourth-order valence-electron chi connectivity index (χ4n) is 8.21. The molecule has 7 heteroatoms. The molecule has 5 aliphatic rings. The molecule has 8 atom stereocenters. The number of benzene rings is 1. The molecule has 1 aromatic carbocycles. The first-order valence-corrected chi connectivity index (χ1v) is 15.5. The average Bonchev–Trinajstić information content (AvgIpc) is 3.57. The molecule has 2 bridgehead atoms. The second kappa shape index (κ2) is 10.3. The molecule has 3 heterocycles. The van der Waals surface area contributed by atoms with Gasteiger partial charge in [0.05, 0.1) is 17.9 Å². The number of hydrogen-bond donors (Lipinski definition) is 2. The van der Waals surface area contributed by atoms with Gasteiger partial charge in [-0.2, -0.15) is 0 Å². The van der Waals surface area contributed by atoms with Crippen molar-refractivity contribution in [1.82, 2.24) is 10.2 Å². The SMILES string of the molecule is Cc1ccc(NC(=O)[C@@H]2[C@@H]3C=C[C@]4(O3)[C@@H]2C(=O)N(C2CCC(C)CC2)[C@H]4C(=O)N[C@@H]2CCC[C@@H](C)[C@@H]2C)cc1C. The molecule has 3 aliphatic heterocycles. The summed E-state index contributed by atoms with van der Waals surface area (Å²) in [6, 6.07) is 5.16. The van der Waals surface area contributed by atoms with E-state index < -0.39 is 29.6 Å². The zero-order valence-electron chi connectivity index (χ0n) is 24.6. The van der Waals surface area contributed by atoms with Gasteiger partial charge in [-0.1, -0.05) is 51.8 Å². The van der Waals surface area contributed by atoms with Crippen LogP contribution in [0, 0.1) is 43.4 Å². The van der Waals surface area contributed by atoms with Gasteiger partial charge in [0, 0.05) is 17.8 Å². The van der Waals surface area contributed by atoms with Gasteiger partial charge in [-0.15, -0.1) is 0 Å². The summed E-state index contributed by atoms with van der Waals surface area (Å²) in [7, 11) is 0. The summed E-state index contributed by atoms with van der Waals surface area (Å²) in [4.78, 5) is 44.3. The molecule has 2 saturated carbocycles. The van der Waals surface area contributed by atoms with Gasteiger partial charge in [-0.25, -0.2) is 0 Å². The lowest BCUT2D eigenvalue weighted by Crippen LogP contribution is -2.59. The fourth-order valence-corrected chi connectivity index (χ4v) is 8.21. The zero-order chi connectivity index (χ0) is 28.3. The predicted octanol–water partition coefficient (Wildman–Crippen LogP) is 4.91. The van der Waals surface area contributed by atoms with Crippen molar-refractivity contribution in [3.8, 4) is 0 Å². The van der Waals surface area contributed by atoms with Crippen LogP contribution in [0.15, 0.2) is 30.4 Å². The van der Waals surface area contributed by atoms with Crippen molar-refractivity contribution in [1.29, 1.82) is 0 Å². The van der Waals surface area contributed by atoms with Gasteiger partial charge in [0.25, 0.3) is 0 Å². The van der Waals surface area contributed by atoms with Crippen LogP contribution < -0.4 is 10.6 Å². The van der Waals surface area contributed by atoms with Gasteiger partial charge in [0.15, 0.2) is 0 Å². The monoisotopic (exact) mass is 547 g/mol. The Morgan fingerprint density at radius 2 is 1.73 bits per heavy atom. The lowest BCUT2D eigenvalue weighted by atomic mass is 9.73. The van der Waals surface area contributed by atoms with Crippen LogP contribution >= 0.6 is 0 Å². The second-order valence-corrected chi connectivity index (χ2v) is 13.5. The molecular formula is C33H45N3O4. The van der Waals surface area contributed by atoms with Crippen LogP contribution in [0.25, 0.3) is 0 Å². The van der Waals surface area contributed by atoms with E-state index in [1.165, 1.54) is 6.42 Å². The lowest BCUT2D eigenvalue weighted by Gasteiger charge is -2.41. The Morgan fingerprint density at radius 1 is 0.975 bits per heavy atom. The Hall–Kier alpha value is -2.67. The third kappa shape index (κ3) is 4.40. The number of carbonyl (C=O) groups excluding carboxylic acids is 3. The maximum Gasteiger partial charge on any atom is 0.246 e. The fraction of sp³-hybridized carbons (Fsp3) is 0.667. The quantitative estimate of drug-likeness (QED) is 0.513. The number of anilines is 1. The Labute approximate surface area is 238 Å². The summed E-state index contributed by atoms with van der Waals surface area (Å²) in [5.41, 5.74) is 1.86. The molecule has 1 spiro atoms. The van der Waals surface area contributed by atoms with E-state index in [1.807, 2.05) is 49.1 Å². The lowest BCUT2D eigenvalue weighted by molar-refractivity contribution is -0.145. The van der Waals surface area contributed by atoms with E-state index >= 15 is 0 Å². The van der Waals surface area contributed by atoms with E-state index in [0.29, 0.717) is 23.4 Å². The second-order valence-electron chi connectivity index (χ2n) is 13.5. The molecule has 0 aromatic heterocycles. The molecule has 3 amide bonds. The van der Waals surface area contributed by atoms with E-state index in [1.54, 1.807) is 0 Å². The molecule has 2 aliphatic carbocycles. The van der Waals surface area contributed by atoms with Crippen LogP contribution in [-0.2, 0) is 19.1 Å². The summed E-state index contributed by atoms with van der Waals surface area (Å²) in [5, 5.41) is 6.44. The molecule has 2 N–H and O–H groups in total. The van der Waals surface area contributed by atoms with Crippen molar-refractivity contribution in [2.24, 2.45) is 29.6 Å². The van der Waals surface area contributed by atoms with Crippen molar-refractivity contribution >= 4 is 23.4 Å². The maximum atomic E-state index is 14.4. The van der Waals surface area contributed by atoms with Crippen LogP contribution in [-0.4, -0.2) is 52.5 Å². The minimum absolute atomic E-state index is 0.0124. The zero-order valence-corrected chi connectivity index (χ0v) is 24.6. The number of nitrogens with one attached hydrogen (secondary N) is 2. The van der Waals surface area contributed by atoms with Gasteiger partial charge >= 0.3 is 0 Å². The van der Waals surface area contributed by atoms with Gasteiger partial charge in [0.2, 0.25) is 17.7 Å². The minimum atomic E-state index is -1.11. The highest BCUT2D eigenvalue weighted by Gasteiger charge is 2.73. The highest BCUT2D eigenvalue weighted by molar-refractivity contribution is 6.03. The van der Waals surface area contributed by atoms with Crippen LogP contribution in [0.3, 0.4) is 0 Å². The summed E-state index contributed by atoms with van der Waals surface area (Å²) in [6.07, 6.45) is 10.4. The topological polar surface area (TPSA) is 87.7 Å². The molecule has 2 saturated heterocycles. The van der Waals surface area contributed by atoms with Crippen LogP contribution in [0.5, 0.6) is 0 Å². The van der Waals surface area contributed by atoms with Gasteiger partial charge in [-0.3, -0.25) is 14.4 Å². The normalized spacial score (nSPS) is 40.3. The molecule has 0 unspecified atom stereocenters. The van der Waals surface area contributed by atoms with E-state index in [0.717, 1.165) is 49.7 Å². The van der Waals surface area contributed by atoms with Crippen molar-refractivity contribution in [2.45, 2.75) is 109 Å². The van der Waals surface area contributed by atoms with E-state index in [-0.39, 0.29) is 29.8 Å². The Balaban J connectivity index is 1.31. The number of aryl methyl sites for hydroxylation is 2. The summed E-state index contributed by atoms with van der Waals surface area (Å²) >= 11 is 0. The van der Waals surface area contributed by atoms with Crippen LogP contribution in [0.4, 0.5) is 5.69 Å². The van der Waals surface area contributed by atoms with E-state index in [4.69, 9.17) is 4.74 Å². The smallest absolute Gasteiger partial charge is 0.246 e. The number of likely N-dealkylation sites (tertiary alicyclic amines) is 1. The van der Waals surface area contributed by atoms with E-state index in [2.05, 4.69) is 31.4 Å². The number of rotatable bonds is 5. The Bertz CT molecular complexity index is 1220. The van der Waals surface area contributed by atoms with Gasteiger partial charge in [-0.05, 0) is 87.0 Å². The third-order valence-corrected chi connectivity index (χ3v) is 11.1. The average molecular weight is 548 g/mol. The Kier molecular flexibility index (Phi) is 7.09. The van der Waals surface area contributed by atoms with Gasteiger partial charge in [0.1, 0.15) is 11.6 Å². The van der Waals surface area contributed by atoms with Gasteiger partial charge < -0.3 is 20.3 Å². The number of hydrogen-bond acceptors (Lipinski definition) is 4. The highest BCUT2D eigenvalue weighted by Crippen LogP contribution is 2.56. The predicted molar refractivity (Wildman–Crippen MR) is 154 cm³/mol. The first-order chi connectivity index (χ1) is 19.1. The van der Waals surface area contributed by atoms with Crippen LogP contribution in [0.2, 0.25) is 0 Å². The molecule has 40 heavy (non-hydrogen) atoms. The molecule has 0 radical (unpaired) electrons. The third-order valence-electron chi connectivity index (χ3n) is 11.1. The first-order valence-electron chi connectivity index (χ1n) is 15.5. The number of nitrogens with zero attached hydrogens (tertiary/aromatic N) is 1. The number of fused-ring (bicyclic) bond motifs is 1. The first kappa shape index (κ1) is 27.5. The molecule has 6 rings (SSSR count). The van der Waals surface area contributed by atoms with E-state index in [9.17, 15) is 14.4 Å². The Morgan fingerprint density at radius 3 is 2.45 bits per heavy atom. The van der Waals surface area contributed by atoms with Crippen molar-refractivity contribution < 1.29 is 19.1 Å². The number of carbonyl (C=O) groups is 3. The summed E-state index contributed by atoms with van der Waals surface area (Å²) in [5.74, 6) is -0.277. The number of ether oxygens (including phenoxy) is 1. The maximum absolute atomic E-state index is 14.4. The minimum Gasteiger partial charge on any atom is -0.359 e. The molecule has 4 fully saturated rings.